The highest BCUT2D eigenvalue weighted by molar-refractivity contribution is 5.93. The van der Waals surface area contributed by atoms with Gasteiger partial charge in [0.2, 0.25) is 0 Å². The number of hydrogen-bond acceptors (Lipinski definition) is 4. The van der Waals surface area contributed by atoms with Gasteiger partial charge in [-0.05, 0) is 45.7 Å². The molecule has 0 spiro atoms. The number of Topliss-reactive ketones (excluding diaryl/α,β-unsaturated/α-hetero) is 1. The monoisotopic (exact) mass is 332 g/mol. The average Bonchev–Trinajstić information content (AvgIpc) is 2.60. The Hall–Kier alpha value is -1.72. The van der Waals surface area contributed by atoms with E-state index in [0.29, 0.717) is 19.5 Å². The van der Waals surface area contributed by atoms with Crippen molar-refractivity contribution in [2.75, 3.05) is 13.6 Å². The zero-order chi connectivity index (χ0) is 17.7. The van der Waals surface area contributed by atoms with E-state index in [1.165, 1.54) is 6.92 Å². The number of carbonyl (C=O) groups is 2. The molecular weight excluding hydrogens is 304 g/mol. The van der Waals surface area contributed by atoms with Crippen molar-refractivity contribution in [3.63, 3.8) is 0 Å². The number of amides is 1. The molecule has 0 saturated carbocycles. The minimum absolute atomic E-state index is 0.0575. The SMILES string of the molecule is C[C@@H](O)C(=O)N1CCCCC1C(=O)[C@H](C)N(C)Cc1ccccc1. The fraction of sp³-hybridized carbons (Fsp3) is 0.579. The molecule has 0 aliphatic carbocycles. The lowest BCUT2D eigenvalue weighted by Crippen LogP contribution is -2.55. The van der Waals surface area contributed by atoms with Crippen molar-refractivity contribution >= 4 is 11.7 Å². The van der Waals surface area contributed by atoms with Crippen molar-refractivity contribution in [3.8, 4) is 0 Å². The number of likely N-dealkylation sites (tertiary alicyclic amines) is 1. The Labute approximate surface area is 144 Å². The number of carbonyl (C=O) groups excluding carboxylic acids is 2. The summed E-state index contributed by atoms with van der Waals surface area (Å²) in [6, 6.07) is 9.32. The first kappa shape index (κ1) is 18.6. The van der Waals surface area contributed by atoms with Gasteiger partial charge < -0.3 is 10.0 Å². The predicted molar refractivity (Wildman–Crippen MR) is 93.4 cm³/mol. The third-order valence-electron chi connectivity index (χ3n) is 4.82. The van der Waals surface area contributed by atoms with E-state index >= 15 is 0 Å². The minimum Gasteiger partial charge on any atom is -0.384 e. The highest BCUT2D eigenvalue weighted by Crippen LogP contribution is 2.21. The first-order valence-corrected chi connectivity index (χ1v) is 8.68. The molecule has 0 radical (unpaired) electrons. The van der Waals surface area contributed by atoms with Crippen LogP contribution in [0.5, 0.6) is 0 Å². The third-order valence-corrected chi connectivity index (χ3v) is 4.82. The minimum atomic E-state index is -1.06. The van der Waals surface area contributed by atoms with Crippen LogP contribution >= 0.6 is 0 Å². The van der Waals surface area contributed by atoms with Crippen LogP contribution in [0.1, 0.15) is 38.7 Å². The number of benzene rings is 1. The maximum Gasteiger partial charge on any atom is 0.251 e. The predicted octanol–water partition coefficient (Wildman–Crippen LogP) is 1.84. The maximum atomic E-state index is 13.0. The molecule has 3 atom stereocenters. The molecule has 1 saturated heterocycles. The summed E-state index contributed by atoms with van der Waals surface area (Å²) < 4.78 is 0. The van der Waals surface area contributed by atoms with E-state index in [0.717, 1.165) is 18.4 Å². The lowest BCUT2D eigenvalue weighted by molar-refractivity contribution is -0.148. The van der Waals surface area contributed by atoms with Gasteiger partial charge in [-0.15, -0.1) is 0 Å². The van der Waals surface area contributed by atoms with Gasteiger partial charge in [0.05, 0.1) is 12.1 Å². The molecule has 1 aromatic rings. The van der Waals surface area contributed by atoms with Crippen LogP contribution in [0, 0.1) is 0 Å². The van der Waals surface area contributed by atoms with Gasteiger partial charge >= 0.3 is 0 Å². The Kier molecular flexibility index (Phi) is 6.52. The van der Waals surface area contributed by atoms with Crippen LogP contribution in [-0.2, 0) is 16.1 Å². The van der Waals surface area contributed by atoms with Gasteiger partial charge in [-0.1, -0.05) is 30.3 Å². The maximum absolute atomic E-state index is 13.0. The summed E-state index contributed by atoms with van der Waals surface area (Å²) in [6.45, 7) is 4.59. The average molecular weight is 332 g/mol. The molecule has 1 heterocycles. The molecule has 24 heavy (non-hydrogen) atoms. The fourth-order valence-electron chi connectivity index (χ4n) is 3.24. The molecule has 1 unspecified atom stereocenters. The lowest BCUT2D eigenvalue weighted by atomic mass is 9.94. The third kappa shape index (κ3) is 4.42. The van der Waals surface area contributed by atoms with Gasteiger partial charge in [-0.3, -0.25) is 14.5 Å². The molecule has 1 aromatic carbocycles. The Morgan fingerprint density at radius 2 is 1.92 bits per heavy atom. The topological polar surface area (TPSA) is 60.9 Å². The van der Waals surface area contributed by atoms with Crippen molar-refractivity contribution in [1.82, 2.24) is 9.80 Å². The second-order valence-electron chi connectivity index (χ2n) is 6.70. The normalized spacial score (nSPS) is 20.7. The number of hydrogen-bond donors (Lipinski definition) is 1. The number of aliphatic hydroxyl groups excluding tert-OH is 1. The smallest absolute Gasteiger partial charge is 0.251 e. The molecule has 1 N–H and O–H groups in total. The molecule has 0 bridgehead atoms. The fourth-order valence-corrected chi connectivity index (χ4v) is 3.24. The Balaban J connectivity index is 2.05. The zero-order valence-electron chi connectivity index (χ0n) is 14.8. The van der Waals surface area contributed by atoms with Crippen LogP contribution in [0.3, 0.4) is 0 Å². The van der Waals surface area contributed by atoms with E-state index in [1.807, 2.05) is 49.2 Å². The van der Waals surface area contributed by atoms with Crippen molar-refractivity contribution in [1.29, 1.82) is 0 Å². The van der Waals surface area contributed by atoms with E-state index in [2.05, 4.69) is 0 Å². The number of likely N-dealkylation sites (N-methyl/N-ethyl adjacent to an activating group) is 1. The summed E-state index contributed by atoms with van der Waals surface area (Å²) in [4.78, 5) is 28.7. The first-order chi connectivity index (χ1) is 11.4. The van der Waals surface area contributed by atoms with Crippen LogP contribution in [0.4, 0.5) is 0 Å². The van der Waals surface area contributed by atoms with E-state index in [-0.39, 0.29) is 17.7 Å². The molecule has 5 nitrogen and oxygen atoms in total. The van der Waals surface area contributed by atoms with E-state index in [4.69, 9.17) is 0 Å². The summed E-state index contributed by atoms with van der Waals surface area (Å²) in [5, 5.41) is 9.60. The van der Waals surface area contributed by atoms with Crippen molar-refractivity contribution in [2.45, 2.75) is 57.8 Å². The van der Waals surface area contributed by atoms with Crippen molar-refractivity contribution < 1.29 is 14.7 Å². The molecule has 1 aliphatic heterocycles. The summed E-state index contributed by atoms with van der Waals surface area (Å²) in [6.07, 6.45) is 1.45. The first-order valence-electron chi connectivity index (χ1n) is 8.68. The number of ketones is 1. The molecule has 132 valence electrons. The number of rotatable bonds is 6. The van der Waals surface area contributed by atoms with Crippen molar-refractivity contribution in [3.05, 3.63) is 35.9 Å². The number of piperidine rings is 1. The van der Waals surface area contributed by atoms with Gasteiger partial charge in [-0.25, -0.2) is 0 Å². The number of aliphatic hydroxyl groups is 1. The van der Waals surface area contributed by atoms with Gasteiger partial charge in [0.25, 0.3) is 5.91 Å². The molecule has 0 aromatic heterocycles. The van der Waals surface area contributed by atoms with Crippen LogP contribution in [0.15, 0.2) is 30.3 Å². The van der Waals surface area contributed by atoms with Gasteiger partial charge in [0.15, 0.2) is 5.78 Å². The molecular formula is C19H28N2O3. The second kappa shape index (κ2) is 8.40. The van der Waals surface area contributed by atoms with Crippen LogP contribution < -0.4 is 0 Å². The summed E-state index contributed by atoms with van der Waals surface area (Å²) in [7, 11) is 1.93. The lowest BCUT2D eigenvalue weighted by Gasteiger charge is -2.38. The molecule has 2 rings (SSSR count). The highest BCUT2D eigenvalue weighted by Gasteiger charge is 2.36. The Bertz CT molecular complexity index is 559. The Morgan fingerprint density at radius 1 is 1.25 bits per heavy atom. The quantitative estimate of drug-likeness (QED) is 0.863. The standard InChI is InChI=1S/C19H28N2O3/c1-14(20(3)13-16-9-5-4-6-10-16)18(23)17-11-7-8-12-21(17)19(24)15(2)22/h4-6,9-10,14-15,17,22H,7-8,11-13H2,1-3H3/t14-,15+,17?/m0/s1. The molecule has 1 fully saturated rings. The van der Waals surface area contributed by atoms with Crippen LogP contribution in [0.25, 0.3) is 0 Å². The van der Waals surface area contributed by atoms with Crippen molar-refractivity contribution in [2.24, 2.45) is 0 Å². The van der Waals surface area contributed by atoms with E-state index < -0.39 is 12.1 Å². The second-order valence-corrected chi connectivity index (χ2v) is 6.70. The van der Waals surface area contributed by atoms with Gasteiger partial charge in [0, 0.05) is 13.1 Å². The summed E-state index contributed by atoms with van der Waals surface area (Å²) in [5.41, 5.74) is 1.15. The van der Waals surface area contributed by atoms with Gasteiger partial charge in [-0.2, -0.15) is 0 Å². The van der Waals surface area contributed by atoms with Crippen LogP contribution in [-0.4, -0.2) is 58.4 Å². The zero-order valence-corrected chi connectivity index (χ0v) is 14.8. The largest absolute Gasteiger partial charge is 0.384 e. The Morgan fingerprint density at radius 3 is 2.54 bits per heavy atom. The highest BCUT2D eigenvalue weighted by atomic mass is 16.3. The van der Waals surface area contributed by atoms with Gasteiger partial charge in [0.1, 0.15) is 6.10 Å². The summed E-state index contributed by atoms with van der Waals surface area (Å²) >= 11 is 0. The van der Waals surface area contributed by atoms with E-state index in [1.54, 1.807) is 4.90 Å². The summed E-state index contributed by atoms with van der Waals surface area (Å²) in [5.74, 6) is -0.284. The molecule has 1 aliphatic rings. The van der Waals surface area contributed by atoms with Crippen LogP contribution in [0.2, 0.25) is 0 Å². The molecule has 5 heteroatoms. The molecule has 1 amide bonds. The number of nitrogens with zero attached hydrogens (tertiary/aromatic N) is 2. The van der Waals surface area contributed by atoms with E-state index in [9.17, 15) is 14.7 Å².